The third-order valence-electron chi connectivity index (χ3n) is 3.91. The van der Waals surface area contributed by atoms with Crippen molar-refractivity contribution in [1.29, 1.82) is 0 Å². The molecule has 2 aliphatic rings. The number of alkyl halides is 3. The molecule has 0 amide bonds. The Labute approximate surface area is 121 Å². The minimum absolute atomic E-state index is 0.159. The molecule has 1 N–H and O–H groups in total. The minimum atomic E-state index is -4.68. The van der Waals surface area contributed by atoms with Crippen molar-refractivity contribution in [3.63, 3.8) is 0 Å². The van der Waals surface area contributed by atoms with Gasteiger partial charge in [0.15, 0.2) is 0 Å². The van der Waals surface area contributed by atoms with Crippen LogP contribution in [0.3, 0.4) is 0 Å². The van der Waals surface area contributed by atoms with E-state index in [4.69, 9.17) is 4.74 Å². The molecule has 2 atom stereocenters. The first-order valence-corrected chi connectivity index (χ1v) is 7.22. The predicted octanol–water partition coefficient (Wildman–Crippen LogP) is 3.41. The van der Waals surface area contributed by atoms with Crippen LogP contribution < -0.4 is 10.1 Å². The zero-order valence-electron chi connectivity index (χ0n) is 11.5. The highest BCUT2D eigenvalue weighted by molar-refractivity contribution is 5.36. The molecule has 0 spiro atoms. The molecule has 2 fully saturated rings. The molecular formula is C15H18F3NO2. The maximum absolute atomic E-state index is 12.5. The van der Waals surface area contributed by atoms with E-state index in [1.54, 1.807) is 12.1 Å². The lowest BCUT2D eigenvalue weighted by Gasteiger charge is -2.22. The summed E-state index contributed by atoms with van der Waals surface area (Å²) < 4.78 is 47.3. The van der Waals surface area contributed by atoms with Crippen LogP contribution in [0.5, 0.6) is 5.75 Å². The molecule has 116 valence electrons. The average Bonchev–Trinajstić information content (AvgIpc) is 3.13. The van der Waals surface area contributed by atoms with E-state index in [2.05, 4.69) is 10.1 Å². The molecule has 1 heterocycles. The van der Waals surface area contributed by atoms with Crippen molar-refractivity contribution in [1.82, 2.24) is 5.32 Å². The van der Waals surface area contributed by atoms with Crippen molar-refractivity contribution in [2.24, 2.45) is 5.92 Å². The maximum Gasteiger partial charge on any atom is 0.573 e. The first-order chi connectivity index (χ1) is 10.0. The summed E-state index contributed by atoms with van der Waals surface area (Å²) in [6.45, 7) is 1.34. The zero-order valence-corrected chi connectivity index (χ0v) is 11.5. The van der Waals surface area contributed by atoms with Crippen LogP contribution in [0.15, 0.2) is 24.3 Å². The van der Waals surface area contributed by atoms with Gasteiger partial charge in [-0.25, -0.2) is 0 Å². The summed E-state index contributed by atoms with van der Waals surface area (Å²) in [5.74, 6) is 0.0249. The number of hydrogen-bond donors (Lipinski definition) is 1. The lowest BCUT2D eigenvalue weighted by atomic mass is 9.94. The van der Waals surface area contributed by atoms with Gasteiger partial charge in [-0.15, -0.1) is 13.2 Å². The van der Waals surface area contributed by atoms with E-state index in [1.165, 1.54) is 25.0 Å². The number of para-hydroxylation sites is 1. The van der Waals surface area contributed by atoms with E-state index in [0.717, 1.165) is 13.0 Å². The lowest BCUT2D eigenvalue weighted by molar-refractivity contribution is -0.275. The third-order valence-corrected chi connectivity index (χ3v) is 3.91. The van der Waals surface area contributed by atoms with Crippen molar-refractivity contribution >= 4 is 0 Å². The van der Waals surface area contributed by atoms with Crippen molar-refractivity contribution < 1.29 is 22.6 Å². The molecule has 0 bridgehead atoms. The highest BCUT2D eigenvalue weighted by atomic mass is 19.4. The van der Waals surface area contributed by atoms with Crippen LogP contribution in [-0.4, -0.2) is 25.6 Å². The van der Waals surface area contributed by atoms with Crippen molar-refractivity contribution in [2.45, 2.75) is 37.8 Å². The normalized spacial score (nSPS) is 26.0. The van der Waals surface area contributed by atoms with E-state index in [-0.39, 0.29) is 17.8 Å². The first-order valence-electron chi connectivity index (χ1n) is 7.22. The Hall–Kier alpha value is -1.27. The van der Waals surface area contributed by atoms with Crippen LogP contribution in [0.1, 0.15) is 30.9 Å². The summed E-state index contributed by atoms with van der Waals surface area (Å²) in [5.41, 5.74) is 0.481. The molecule has 3 nitrogen and oxygen atoms in total. The van der Waals surface area contributed by atoms with Crippen LogP contribution in [0.2, 0.25) is 0 Å². The molecule has 1 aliphatic heterocycles. The molecule has 1 aromatic rings. The number of hydrogen-bond acceptors (Lipinski definition) is 3. The SMILES string of the molecule is FC(F)(F)Oc1ccccc1C1OCCC1CNC1CC1. The summed E-state index contributed by atoms with van der Waals surface area (Å²) in [4.78, 5) is 0. The molecule has 21 heavy (non-hydrogen) atoms. The summed E-state index contributed by atoms with van der Waals surface area (Å²) >= 11 is 0. The van der Waals surface area contributed by atoms with Gasteiger partial charge in [0.2, 0.25) is 0 Å². The van der Waals surface area contributed by atoms with Crippen LogP contribution in [-0.2, 0) is 4.74 Å². The van der Waals surface area contributed by atoms with Gasteiger partial charge in [0.25, 0.3) is 0 Å². The number of ether oxygens (including phenoxy) is 2. The molecule has 0 radical (unpaired) electrons. The number of rotatable bonds is 5. The van der Waals surface area contributed by atoms with E-state index < -0.39 is 6.36 Å². The molecule has 2 unspecified atom stereocenters. The Morgan fingerprint density at radius 3 is 2.67 bits per heavy atom. The largest absolute Gasteiger partial charge is 0.573 e. The van der Waals surface area contributed by atoms with Crippen molar-refractivity contribution in [3.8, 4) is 5.75 Å². The summed E-state index contributed by atoms with van der Waals surface area (Å²) in [6.07, 6.45) is -1.80. The van der Waals surface area contributed by atoms with Crippen LogP contribution in [0, 0.1) is 5.92 Å². The number of halogens is 3. The maximum atomic E-state index is 12.5. The number of nitrogens with one attached hydrogen (secondary N) is 1. The topological polar surface area (TPSA) is 30.5 Å². The van der Waals surface area contributed by atoms with E-state index in [9.17, 15) is 13.2 Å². The molecule has 0 aromatic heterocycles. The monoisotopic (exact) mass is 301 g/mol. The Kier molecular flexibility index (Phi) is 4.08. The third kappa shape index (κ3) is 3.89. The lowest BCUT2D eigenvalue weighted by Crippen LogP contribution is -2.27. The highest BCUT2D eigenvalue weighted by Gasteiger charge is 2.36. The van der Waals surface area contributed by atoms with E-state index in [0.29, 0.717) is 18.2 Å². The smallest absolute Gasteiger partial charge is 0.405 e. The molecule has 1 aliphatic carbocycles. The molecular weight excluding hydrogens is 283 g/mol. The first kappa shape index (κ1) is 14.7. The summed E-state index contributed by atoms with van der Waals surface area (Å²) in [6, 6.07) is 6.83. The summed E-state index contributed by atoms with van der Waals surface area (Å²) in [5, 5.41) is 3.42. The molecule has 1 saturated heterocycles. The second-order valence-corrected chi connectivity index (χ2v) is 5.61. The predicted molar refractivity (Wildman–Crippen MR) is 70.9 cm³/mol. The second-order valence-electron chi connectivity index (χ2n) is 5.61. The van der Waals surface area contributed by atoms with Gasteiger partial charge in [0.05, 0.1) is 6.10 Å². The van der Waals surface area contributed by atoms with Gasteiger partial charge in [-0.05, 0) is 25.3 Å². The van der Waals surface area contributed by atoms with Gasteiger partial charge in [0.1, 0.15) is 5.75 Å². The van der Waals surface area contributed by atoms with E-state index in [1.807, 2.05) is 0 Å². The van der Waals surface area contributed by atoms with Crippen LogP contribution in [0.4, 0.5) is 13.2 Å². The second kappa shape index (κ2) is 5.85. The van der Waals surface area contributed by atoms with Crippen molar-refractivity contribution in [3.05, 3.63) is 29.8 Å². The van der Waals surface area contributed by atoms with Crippen LogP contribution in [0.25, 0.3) is 0 Å². The van der Waals surface area contributed by atoms with Gasteiger partial charge >= 0.3 is 6.36 Å². The fraction of sp³-hybridized carbons (Fsp3) is 0.600. The molecule has 1 saturated carbocycles. The van der Waals surface area contributed by atoms with E-state index >= 15 is 0 Å². The fourth-order valence-electron chi connectivity index (χ4n) is 2.73. The van der Waals surface area contributed by atoms with Gasteiger partial charge in [-0.1, -0.05) is 18.2 Å². The Morgan fingerprint density at radius 2 is 1.95 bits per heavy atom. The quantitative estimate of drug-likeness (QED) is 0.904. The van der Waals surface area contributed by atoms with Gasteiger partial charge in [0, 0.05) is 30.7 Å². The standard InChI is InChI=1S/C15H18F3NO2/c16-15(17,18)21-13-4-2-1-3-12(13)14-10(7-8-20-14)9-19-11-5-6-11/h1-4,10-11,14,19H,5-9H2. The zero-order chi connectivity index (χ0) is 14.9. The average molecular weight is 301 g/mol. The molecule has 6 heteroatoms. The molecule has 3 rings (SSSR count). The van der Waals surface area contributed by atoms with Gasteiger partial charge in [-0.3, -0.25) is 0 Å². The Bertz CT molecular complexity index is 488. The van der Waals surface area contributed by atoms with Gasteiger partial charge in [-0.2, -0.15) is 0 Å². The van der Waals surface area contributed by atoms with Crippen molar-refractivity contribution in [2.75, 3.05) is 13.2 Å². The minimum Gasteiger partial charge on any atom is -0.405 e. The summed E-state index contributed by atoms with van der Waals surface area (Å²) in [7, 11) is 0. The Morgan fingerprint density at radius 1 is 1.19 bits per heavy atom. The number of benzene rings is 1. The van der Waals surface area contributed by atoms with Crippen LogP contribution >= 0.6 is 0 Å². The molecule has 1 aromatic carbocycles. The Balaban J connectivity index is 1.74. The fourth-order valence-corrected chi connectivity index (χ4v) is 2.73. The van der Waals surface area contributed by atoms with Gasteiger partial charge < -0.3 is 14.8 Å². The highest BCUT2D eigenvalue weighted by Crippen LogP contribution is 2.40.